The molecule has 0 spiro atoms. The minimum Gasteiger partial charge on any atom is -0.376 e. The van der Waals surface area contributed by atoms with Crippen LogP contribution in [-0.2, 0) is 27.2 Å². The fraction of sp³-hybridized carbons (Fsp3) is 0.700. The molecular weight excluding hydrogens is 210 g/mol. The third-order valence-corrected chi connectivity index (χ3v) is 2.50. The van der Waals surface area contributed by atoms with Gasteiger partial charge >= 0.3 is 0 Å². The van der Waals surface area contributed by atoms with E-state index >= 15 is 0 Å². The number of rotatable bonds is 4. The van der Waals surface area contributed by atoms with E-state index in [0.717, 1.165) is 0 Å². The Morgan fingerprint density at radius 3 is 3.19 bits per heavy atom. The lowest BCUT2D eigenvalue weighted by Gasteiger charge is -2.21. The topological polar surface area (TPSA) is 66.2 Å². The van der Waals surface area contributed by atoms with Gasteiger partial charge in [-0.15, -0.1) is 0 Å². The van der Waals surface area contributed by atoms with Crippen molar-refractivity contribution in [3.05, 3.63) is 12.2 Å². The molecule has 0 radical (unpaired) electrons. The highest BCUT2D eigenvalue weighted by Gasteiger charge is 2.23. The van der Waals surface area contributed by atoms with Gasteiger partial charge in [-0.2, -0.15) is 5.10 Å². The maximum absolute atomic E-state index is 11.8. The van der Waals surface area contributed by atoms with Gasteiger partial charge in [0.25, 0.3) is 0 Å². The molecule has 1 fully saturated rings. The van der Waals surface area contributed by atoms with Crippen molar-refractivity contribution >= 4 is 5.78 Å². The van der Waals surface area contributed by atoms with Crippen molar-refractivity contribution in [3.63, 3.8) is 0 Å². The summed E-state index contributed by atoms with van der Waals surface area (Å²) in [4.78, 5) is 15.9. The van der Waals surface area contributed by atoms with Crippen LogP contribution in [-0.4, -0.2) is 46.5 Å². The molecule has 1 saturated heterocycles. The standard InChI is InChI=1S/C10H15N3O3/c1-2-13-10(11-7-12-13)5-8(14)9-6-15-3-4-16-9/h7,9H,2-6H2,1H3. The van der Waals surface area contributed by atoms with Gasteiger partial charge in [-0.05, 0) is 6.92 Å². The number of ether oxygens (including phenoxy) is 2. The Labute approximate surface area is 93.6 Å². The molecule has 0 N–H and O–H groups in total. The summed E-state index contributed by atoms with van der Waals surface area (Å²) in [7, 11) is 0. The zero-order valence-electron chi connectivity index (χ0n) is 9.26. The maximum Gasteiger partial charge on any atom is 0.171 e. The van der Waals surface area contributed by atoms with Crippen molar-refractivity contribution in [2.45, 2.75) is 26.0 Å². The van der Waals surface area contributed by atoms with Crippen molar-refractivity contribution < 1.29 is 14.3 Å². The highest BCUT2D eigenvalue weighted by atomic mass is 16.6. The second kappa shape index (κ2) is 5.18. The molecule has 1 aliphatic heterocycles. The fourth-order valence-corrected chi connectivity index (χ4v) is 1.63. The van der Waals surface area contributed by atoms with E-state index < -0.39 is 6.10 Å². The third-order valence-electron chi connectivity index (χ3n) is 2.50. The summed E-state index contributed by atoms with van der Waals surface area (Å²) in [6, 6.07) is 0. The first-order valence-corrected chi connectivity index (χ1v) is 5.40. The first-order chi connectivity index (χ1) is 7.81. The van der Waals surface area contributed by atoms with Gasteiger partial charge in [0.2, 0.25) is 0 Å². The number of Topliss-reactive ketones (excluding diaryl/α,β-unsaturated/α-hetero) is 1. The molecule has 1 aromatic heterocycles. The molecule has 0 amide bonds. The summed E-state index contributed by atoms with van der Waals surface area (Å²) in [5, 5.41) is 4.01. The molecule has 2 heterocycles. The summed E-state index contributed by atoms with van der Waals surface area (Å²) >= 11 is 0. The predicted octanol–water partition coefficient (Wildman–Crippen LogP) is -0.175. The fourth-order valence-electron chi connectivity index (χ4n) is 1.63. The largest absolute Gasteiger partial charge is 0.376 e. The lowest BCUT2D eigenvalue weighted by Crippen LogP contribution is -2.36. The van der Waals surface area contributed by atoms with Crippen LogP contribution in [0.15, 0.2) is 6.33 Å². The molecule has 88 valence electrons. The van der Waals surface area contributed by atoms with Gasteiger partial charge in [0.1, 0.15) is 18.3 Å². The number of aromatic nitrogens is 3. The Kier molecular flexibility index (Phi) is 3.63. The Hall–Kier alpha value is -1.27. The third kappa shape index (κ3) is 2.45. The van der Waals surface area contributed by atoms with Crippen LogP contribution in [0.5, 0.6) is 0 Å². The second-order valence-corrected chi connectivity index (χ2v) is 3.57. The molecule has 1 atom stereocenters. The van der Waals surface area contributed by atoms with Crippen LogP contribution in [0.1, 0.15) is 12.7 Å². The van der Waals surface area contributed by atoms with Crippen LogP contribution < -0.4 is 0 Å². The SMILES string of the molecule is CCn1ncnc1CC(=O)C1COCCO1. The number of hydrogen-bond donors (Lipinski definition) is 0. The van der Waals surface area contributed by atoms with Crippen molar-refractivity contribution in [1.82, 2.24) is 14.8 Å². The van der Waals surface area contributed by atoms with Crippen molar-refractivity contribution in [1.29, 1.82) is 0 Å². The summed E-state index contributed by atoms with van der Waals surface area (Å²) in [5.41, 5.74) is 0. The molecule has 1 aliphatic rings. The average Bonchev–Trinajstić information content (AvgIpc) is 2.77. The van der Waals surface area contributed by atoms with Crippen LogP contribution in [0.2, 0.25) is 0 Å². The van der Waals surface area contributed by atoms with E-state index in [-0.39, 0.29) is 12.2 Å². The van der Waals surface area contributed by atoms with E-state index in [1.165, 1.54) is 6.33 Å². The number of carbonyl (C=O) groups excluding carboxylic acids is 1. The van der Waals surface area contributed by atoms with Crippen LogP contribution in [0.25, 0.3) is 0 Å². The Balaban J connectivity index is 1.95. The van der Waals surface area contributed by atoms with E-state index in [1.807, 2.05) is 6.92 Å². The average molecular weight is 225 g/mol. The lowest BCUT2D eigenvalue weighted by molar-refractivity contribution is -0.144. The minimum atomic E-state index is -0.448. The molecule has 0 bridgehead atoms. The van der Waals surface area contributed by atoms with Gasteiger partial charge in [-0.25, -0.2) is 9.67 Å². The molecule has 0 aromatic carbocycles. The number of carbonyl (C=O) groups is 1. The summed E-state index contributed by atoms with van der Waals surface area (Å²) in [5.74, 6) is 0.684. The van der Waals surface area contributed by atoms with Crippen LogP contribution in [0.4, 0.5) is 0 Å². The highest BCUT2D eigenvalue weighted by Crippen LogP contribution is 2.06. The quantitative estimate of drug-likeness (QED) is 0.711. The molecule has 6 heteroatoms. The Morgan fingerprint density at radius 1 is 1.62 bits per heavy atom. The summed E-state index contributed by atoms with van der Waals surface area (Å²) in [6.45, 7) is 4.07. The van der Waals surface area contributed by atoms with Gasteiger partial charge < -0.3 is 9.47 Å². The first kappa shape index (κ1) is 11.2. The van der Waals surface area contributed by atoms with Crippen molar-refractivity contribution in [2.24, 2.45) is 0 Å². The zero-order valence-corrected chi connectivity index (χ0v) is 9.26. The predicted molar refractivity (Wildman–Crippen MR) is 55.0 cm³/mol. The molecule has 0 aliphatic carbocycles. The highest BCUT2D eigenvalue weighted by molar-refractivity contribution is 5.84. The monoisotopic (exact) mass is 225 g/mol. The summed E-state index contributed by atoms with van der Waals surface area (Å²) < 4.78 is 12.2. The van der Waals surface area contributed by atoms with Crippen LogP contribution in [0, 0.1) is 0 Å². The van der Waals surface area contributed by atoms with E-state index in [0.29, 0.717) is 32.2 Å². The van der Waals surface area contributed by atoms with Crippen LogP contribution in [0.3, 0.4) is 0 Å². The Morgan fingerprint density at radius 2 is 2.50 bits per heavy atom. The number of aryl methyl sites for hydroxylation is 1. The number of ketones is 1. The maximum atomic E-state index is 11.8. The van der Waals surface area contributed by atoms with Crippen molar-refractivity contribution in [3.8, 4) is 0 Å². The molecule has 2 rings (SSSR count). The van der Waals surface area contributed by atoms with E-state index in [1.54, 1.807) is 4.68 Å². The molecular formula is C10H15N3O3. The van der Waals surface area contributed by atoms with Gasteiger partial charge in [0, 0.05) is 6.54 Å². The smallest absolute Gasteiger partial charge is 0.171 e. The van der Waals surface area contributed by atoms with Gasteiger partial charge in [0.15, 0.2) is 5.78 Å². The molecule has 16 heavy (non-hydrogen) atoms. The first-order valence-electron chi connectivity index (χ1n) is 5.40. The van der Waals surface area contributed by atoms with E-state index in [4.69, 9.17) is 9.47 Å². The van der Waals surface area contributed by atoms with Gasteiger partial charge in [0.05, 0.1) is 26.2 Å². The number of hydrogen-bond acceptors (Lipinski definition) is 5. The second-order valence-electron chi connectivity index (χ2n) is 3.57. The van der Waals surface area contributed by atoms with E-state index in [2.05, 4.69) is 10.1 Å². The number of nitrogens with zero attached hydrogens (tertiary/aromatic N) is 3. The van der Waals surface area contributed by atoms with E-state index in [9.17, 15) is 4.79 Å². The van der Waals surface area contributed by atoms with Gasteiger partial charge in [-0.3, -0.25) is 4.79 Å². The minimum absolute atomic E-state index is 0.00222. The molecule has 6 nitrogen and oxygen atoms in total. The molecule has 1 unspecified atom stereocenters. The Bertz CT molecular complexity index is 358. The molecule has 1 aromatic rings. The van der Waals surface area contributed by atoms with Crippen LogP contribution >= 0.6 is 0 Å². The van der Waals surface area contributed by atoms with Crippen molar-refractivity contribution in [2.75, 3.05) is 19.8 Å². The molecule has 0 saturated carbocycles. The zero-order chi connectivity index (χ0) is 11.4. The lowest BCUT2D eigenvalue weighted by atomic mass is 10.1. The van der Waals surface area contributed by atoms with Gasteiger partial charge in [-0.1, -0.05) is 0 Å². The normalized spacial score (nSPS) is 20.9. The summed E-state index contributed by atoms with van der Waals surface area (Å²) in [6.07, 6.45) is 1.27.